The number of hydrogen-bond donors (Lipinski definition) is 0. The summed E-state index contributed by atoms with van der Waals surface area (Å²) in [5, 5.41) is 10.4. The minimum absolute atomic E-state index is 0.631. The molecule has 0 saturated heterocycles. The Morgan fingerprint density at radius 2 is 0.742 bits per heavy atom. The number of nitrogens with zero attached hydrogens (tertiary/aromatic N) is 4. The highest BCUT2D eigenvalue weighted by molar-refractivity contribution is 6.14. The van der Waals surface area contributed by atoms with Crippen LogP contribution in [0.4, 0.5) is 0 Å². The quantitative estimate of drug-likeness (QED) is 0.158. The van der Waals surface area contributed by atoms with Gasteiger partial charge < -0.3 is 0 Å². The molecule has 0 amide bonds. The summed E-state index contributed by atoms with van der Waals surface area (Å²) in [6.45, 7) is 0. The fourth-order valence-electron chi connectivity index (χ4n) is 9.00. The topological polar surface area (TPSA) is 51.6 Å². The van der Waals surface area contributed by atoms with E-state index in [0.29, 0.717) is 17.5 Å². The Balaban J connectivity index is 1.03. The number of hydrogen-bond acceptors (Lipinski definition) is 4. The molecule has 0 aliphatic rings. The van der Waals surface area contributed by atoms with E-state index in [4.69, 9.17) is 19.9 Å². The van der Waals surface area contributed by atoms with Crippen LogP contribution in [0.2, 0.25) is 0 Å². The fourth-order valence-corrected chi connectivity index (χ4v) is 9.00. The molecule has 0 fully saturated rings. The molecule has 62 heavy (non-hydrogen) atoms. The molecule has 2 heterocycles. The van der Waals surface area contributed by atoms with E-state index in [1.807, 2.05) is 6.07 Å². The molecule has 0 bridgehead atoms. The molecule has 0 radical (unpaired) electrons. The molecule has 0 unspecified atom stereocenters. The van der Waals surface area contributed by atoms with E-state index in [-0.39, 0.29) is 0 Å². The van der Waals surface area contributed by atoms with E-state index >= 15 is 0 Å². The molecule has 10 aromatic carbocycles. The molecular weight excluding hydrogens is 753 g/mol. The van der Waals surface area contributed by atoms with Crippen molar-refractivity contribution in [1.29, 1.82) is 0 Å². The van der Waals surface area contributed by atoms with Crippen LogP contribution in [-0.4, -0.2) is 19.9 Å². The van der Waals surface area contributed by atoms with Gasteiger partial charge in [-0.25, -0.2) is 19.9 Å². The lowest BCUT2D eigenvalue weighted by molar-refractivity contribution is 1.08. The number of aromatic nitrogens is 4. The van der Waals surface area contributed by atoms with Crippen LogP contribution in [0.15, 0.2) is 218 Å². The van der Waals surface area contributed by atoms with Gasteiger partial charge in [0, 0.05) is 27.6 Å². The molecule has 4 nitrogen and oxygen atoms in total. The maximum atomic E-state index is 5.23. The summed E-state index contributed by atoms with van der Waals surface area (Å²) in [5.41, 5.74) is 10.4. The molecular formula is C58H36N4. The Hall–Kier alpha value is -8.34. The number of rotatable bonds is 6. The summed E-state index contributed by atoms with van der Waals surface area (Å²) >= 11 is 0. The average Bonchev–Trinajstić information content (AvgIpc) is 3.35. The van der Waals surface area contributed by atoms with E-state index in [1.165, 1.54) is 21.5 Å². The molecule has 0 aliphatic carbocycles. The van der Waals surface area contributed by atoms with Gasteiger partial charge in [0.2, 0.25) is 0 Å². The molecule has 0 atom stereocenters. The Morgan fingerprint density at radius 1 is 0.242 bits per heavy atom. The summed E-state index contributed by atoms with van der Waals surface area (Å²) in [7, 11) is 0. The zero-order valence-corrected chi connectivity index (χ0v) is 33.6. The van der Waals surface area contributed by atoms with Crippen LogP contribution in [0.3, 0.4) is 0 Å². The Labute approximate surface area is 358 Å². The first-order valence-electron chi connectivity index (χ1n) is 21.0. The molecule has 4 heteroatoms. The second kappa shape index (κ2) is 14.7. The van der Waals surface area contributed by atoms with Crippen LogP contribution in [0, 0.1) is 0 Å². The summed E-state index contributed by atoms with van der Waals surface area (Å²) < 4.78 is 0. The van der Waals surface area contributed by atoms with E-state index in [9.17, 15) is 0 Å². The van der Waals surface area contributed by atoms with Gasteiger partial charge in [0.25, 0.3) is 0 Å². The SMILES string of the molecule is c1ccc(-c2cc(-c3cccc(-c4ccc(-c5nc(-c6ccc7ccccc7c6)nc(-c6ccc7ccccc7c6)n5)c5ccccc45)c3)c3c(ccc4ccccc43)n2)cc1. The maximum absolute atomic E-state index is 5.23. The van der Waals surface area contributed by atoms with E-state index in [2.05, 4.69) is 212 Å². The third kappa shape index (κ3) is 6.25. The Bertz CT molecular complexity index is 3610. The van der Waals surface area contributed by atoms with Crippen molar-refractivity contribution >= 4 is 54.0 Å². The van der Waals surface area contributed by atoms with Crippen LogP contribution in [-0.2, 0) is 0 Å². The summed E-state index contributed by atoms with van der Waals surface area (Å²) in [5.74, 6) is 1.90. The van der Waals surface area contributed by atoms with Crippen LogP contribution in [0.5, 0.6) is 0 Å². The minimum atomic E-state index is 0.631. The highest BCUT2D eigenvalue weighted by atomic mass is 15.0. The molecule has 12 aromatic rings. The number of pyridine rings is 1. The Kier molecular flexibility index (Phi) is 8.46. The summed E-state index contributed by atoms with van der Waals surface area (Å²) in [6, 6.07) is 77.2. The number of fused-ring (bicyclic) bond motifs is 6. The van der Waals surface area contributed by atoms with Gasteiger partial charge >= 0.3 is 0 Å². The number of benzene rings is 10. The van der Waals surface area contributed by atoms with Gasteiger partial charge in [0.15, 0.2) is 17.5 Å². The van der Waals surface area contributed by atoms with Gasteiger partial charge in [-0.3, -0.25) is 0 Å². The van der Waals surface area contributed by atoms with Crippen molar-refractivity contribution < 1.29 is 0 Å². The van der Waals surface area contributed by atoms with Gasteiger partial charge in [0.05, 0.1) is 11.2 Å². The molecule has 0 N–H and O–H groups in total. The zero-order chi connectivity index (χ0) is 41.0. The van der Waals surface area contributed by atoms with Crippen LogP contribution < -0.4 is 0 Å². The first kappa shape index (κ1) is 35.6. The van der Waals surface area contributed by atoms with Crippen molar-refractivity contribution in [3.05, 3.63) is 218 Å². The van der Waals surface area contributed by atoms with Crippen molar-refractivity contribution in [1.82, 2.24) is 19.9 Å². The summed E-state index contributed by atoms with van der Waals surface area (Å²) in [6.07, 6.45) is 0. The van der Waals surface area contributed by atoms with Gasteiger partial charge in [-0.15, -0.1) is 0 Å². The largest absolute Gasteiger partial charge is 0.248 e. The lowest BCUT2D eigenvalue weighted by Gasteiger charge is -2.15. The first-order valence-corrected chi connectivity index (χ1v) is 21.0. The Morgan fingerprint density at radius 3 is 1.42 bits per heavy atom. The lowest BCUT2D eigenvalue weighted by atomic mass is 9.90. The van der Waals surface area contributed by atoms with E-state index in [0.717, 1.165) is 82.6 Å². The normalized spacial score (nSPS) is 11.5. The second-order valence-corrected chi connectivity index (χ2v) is 15.8. The molecule has 0 spiro atoms. The summed E-state index contributed by atoms with van der Waals surface area (Å²) in [4.78, 5) is 20.8. The highest BCUT2D eigenvalue weighted by Gasteiger charge is 2.18. The van der Waals surface area contributed by atoms with Crippen LogP contribution in [0.1, 0.15) is 0 Å². The zero-order valence-electron chi connectivity index (χ0n) is 33.6. The average molecular weight is 789 g/mol. The second-order valence-electron chi connectivity index (χ2n) is 15.8. The van der Waals surface area contributed by atoms with Crippen molar-refractivity contribution in [2.75, 3.05) is 0 Å². The van der Waals surface area contributed by atoms with Crippen molar-refractivity contribution in [3.63, 3.8) is 0 Å². The maximum Gasteiger partial charge on any atom is 0.164 e. The molecule has 288 valence electrons. The van der Waals surface area contributed by atoms with Gasteiger partial charge in [-0.1, -0.05) is 182 Å². The van der Waals surface area contributed by atoms with Crippen molar-refractivity contribution in [2.45, 2.75) is 0 Å². The van der Waals surface area contributed by atoms with Crippen LogP contribution >= 0.6 is 0 Å². The van der Waals surface area contributed by atoms with E-state index in [1.54, 1.807) is 0 Å². The van der Waals surface area contributed by atoms with E-state index < -0.39 is 0 Å². The van der Waals surface area contributed by atoms with Crippen molar-refractivity contribution in [3.8, 4) is 67.7 Å². The smallest absolute Gasteiger partial charge is 0.164 e. The monoisotopic (exact) mass is 788 g/mol. The molecule has 0 aliphatic heterocycles. The lowest BCUT2D eigenvalue weighted by Crippen LogP contribution is -2.01. The third-order valence-corrected chi connectivity index (χ3v) is 12.1. The fraction of sp³-hybridized carbons (Fsp3) is 0. The molecule has 2 aromatic heterocycles. The predicted molar refractivity (Wildman–Crippen MR) is 258 cm³/mol. The minimum Gasteiger partial charge on any atom is -0.248 e. The first-order chi connectivity index (χ1) is 30.7. The highest BCUT2D eigenvalue weighted by Crippen LogP contribution is 2.41. The van der Waals surface area contributed by atoms with Gasteiger partial charge in [-0.2, -0.15) is 0 Å². The van der Waals surface area contributed by atoms with Gasteiger partial charge in [0.1, 0.15) is 0 Å². The van der Waals surface area contributed by atoms with Crippen LogP contribution in [0.25, 0.3) is 122 Å². The molecule has 0 saturated carbocycles. The molecule has 12 rings (SSSR count). The van der Waals surface area contributed by atoms with Gasteiger partial charge in [-0.05, 0) is 102 Å². The standard InChI is InChI=1S/C58H36N4/c1-2-16-40(17-3-1)54-36-52(55-48-22-9-8-15-39(48)29-32-53(55)59-54)44-21-12-20-43(35-44)47-30-31-51(50-24-11-10-23-49(47)50)58-61-56(45-27-25-37-13-4-6-18-41(37)33-45)60-57(62-58)46-28-26-38-14-5-7-19-42(38)34-46/h1-36H. The third-order valence-electron chi connectivity index (χ3n) is 12.1. The van der Waals surface area contributed by atoms with Crippen molar-refractivity contribution in [2.24, 2.45) is 0 Å². The predicted octanol–water partition coefficient (Wildman–Crippen LogP) is 15.0.